The zero-order valence-electron chi connectivity index (χ0n) is 12.3. The highest BCUT2D eigenvalue weighted by Crippen LogP contribution is 2.34. The summed E-state index contributed by atoms with van der Waals surface area (Å²) in [6.45, 7) is 4.47. The van der Waals surface area contributed by atoms with Crippen LogP contribution in [-0.4, -0.2) is 53.3 Å². The third kappa shape index (κ3) is 3.98. The monoisotopic (exact) mass is 308 g/mol. The smallest absolute Gasteiger partial charge is 0.317 e. The minimum absolute atomic E-state index is 0.0134. The predicted molar refractivity (Wildman–Crippen MR) is 83.9 cm³/mol. The number of anilines is 1. The van der Waals surface area contributed by atoms with E-state index in [1.54, 1.807) is 21.6 Å². The molecule has 1 aliphatic heterocycles. The predicted octanol–water partition coefficient (Wildman–Crippen LogP) is 1.92. The highest BCUT2D eigenvalue weighted by atomic mass is 32.2. The van der Waals surface area contributed by atoms with Crippen molar-refractivity contribution in [1.82, 2.24) is 4.90 Å². The molecule has 0 bridgehead atoms. The number of thioether (sulfide) groups is 1. The van der Waals surface area contributed by atoms with Gasteiger partial charge in [-0.1, -0.05) is 12.1 Å². The minimum Gasteiger partial charge on any atom is -0.480 e. The van der Waals surface area contributed by atoms with Crippen LogP contribution in [0.4, 0.5) is 5.69 Å². The molecule has 1 N–H and O–H groups in total. The molecule has 0 saturated heterocycles. The van der Waals surface area contributed by atoms with Crippen LogP contribution in [0.15, 0.2) is 29.2 Å². The van der Waals surface area contributed by atoms with E-state index in [9.17, 15) is 9.59 Å². The van der Waals surface area contributed by atoms with Crippen molar-refractivity contribution in [2.24, 2.45) is 0 Å². The van der Waals surface area contributed by atoms with E-state index in [1.165, 1.54) is 0 Å². The molecule has 0 saturated carbocycles. The van der Waals surface area contributed by atoms with E-state index in [-0.39, 0.29) is 25.0 Å². The summed E-state index contributed by atoms with van der Waals surface area (Å²) in [4.78, 5) is 28.0. The zero-order valence-corrected chi connectivity index (χ0v) is 13.1. The number of hydrogen-bond acceptors (Lipinski definition) is 4. The van der Waals surface area contributed by atoms with Gasteiger partial charge in [-0.15, -0.1) is 11.8 Å². The van der Waals surface area contributed by atoms with Gasteiger partial charge in [0, 0.05) is 23.2 Å². The van der Waals surface area contributed by atoms with Crippen LogP contribution in [-0.2, 0) is 9.59 Å². The molecule has 2 rings (SSSR count). The summed E-state index contributed by atoms with van der Waals surface area (Å²) in [5, 5.41) is 8.94. The van der Waals surface area contributed by atoms with Gasteiger partial charge in [-0.3, -0.25) is 14.5 Å². The van der Waals surface area contributed by atoms with Crippen molar-refractivity contribution in [2.45, 2.75) is 24.8 Å². The quantitative estimate of drug-likeness (QED) is 0.900. The second kappa shape index (κ2) is 6.95. The highest BCUT2D eigenvalue weighted by Gasteiger charge is 2.25. The molecule has 6 heteroatoms. The number of carbonyl (C=O) groups is 2. The van der Waals surface area contributed by atoms with E-state index in [0.29, 0.717) is 6.54 Å². The number of nitrogens with zero attached hydrogens (tertiary/aromatic N) is 2. The molecule has 0 unspecified atom stereocenters. The molecular formula is C15H20N2O3S. The third-order valence-corrected chi connectivity index (χ3v) is 4.48. The first kappa shape index (κ1) is 15.9. The maximum Gasteiger partial charge on any atom is 0.317 e. The van der Waals surface area contributed by atoms with Gasteiger partial charge < -0.3 is 10.0 Å². The van der Waals surface area contributed by atoms with Gasteiger partial charge in [-0.25, -0.2) is 0 Å². The molecule has 5 nitrogen and oxygen atoms in total. The lowest BCUT2D eigenvalue weighted by Crippen LogP contribution is -2.46. The van der Waals surface area contributed by atoms with Gasteiger partial charge in [0.2, 0.25) is 5.91 Å². The molecular weight excluding hydrogens is 288 g/mol. The fourth-order valence-corrected chi connectivity index (χ4v) is 3.28. The summed E-state index contributed by atoms with van der Waals surface area (Å²) in [6.07, 6.45) is 0. The number of amides is 1. The van der Waals surface area contributed by atoms with Crippen LogP contribution in [0.5, 0.6) is 0 Å². The number of para-hydroxylation sites is 1. The average Bonchev–Trinajstić information content (AvgIpc) is 2.45. The van der Waals surface area contributed by atoms with Gasteiger partial charge in [0.25, 0.3) is 0 Å². The van der Waals surface area contributed by atoms with E-state index in [2.05, 4.69) is 0 Å². The number of hydrogen-bond donors (Lipinski definition) is 1. The number of rotatable bonds is 5. The van der Waals surface area contributed by atoms with E-state index in [0.717, 1.165) is 16.3 Å². The Balaban J connectivity index is 2.11. The zero-order chi connectivity index (χ0) is 15.4. The van der Waals surface area contributed by atoms with Crippen molar-refractivity contribution in [3.63, 3.8) is 0 Å². The summed E-state index contributed by atoms with van der Waals surface area (Å²) in [7, 11) is 0. The molecule has 1 heterocycles. The molecule has 0 radical (unpaired) electrons. The molecule has 1 amide bonds. The van der Waals surface area contributed by atoms with Gasteiger partial charge in [0.1, 0.15) is 0 Å². The van der Waals surface area contributed by atoms with E-state index in [1.807, 2.05) is 38.1 Å². The van der Waals surface area contributed by atoms with Gasteiger partial charge >= 0.3 is 5.97 Å². The van der Waals surface area contributed by atoms with Crippen molar-refractivity contribution in [2.75, 3.05) is 30.3 Å². The van der Waals surface area contributed by atoms with Crippen molar-refractivity contribution < 1.29 is 14.7 Å². The number of benzene rings is 1. The molecule has 21 heavy (non-hydrogen) atoms. The van der Waals surface area contributed by atoms with E-state index in [4.69, 9.17) is 5.11 Å². The standard InChI is InChI=1S/C15H20N2O3S/c1-11(2)16(10-15(19)20)9-14(18)17-7-8-21-13-6-4-3-5-12(13)17/h3-6,11H,7-10H2,1-2H3,(H,19,20). The fraction of sp³-hybridized carbons (Fsp3) is 0.467. The molecule has 0 aliphatic carbocycles. The Morgan fingerprint density at radius 1 is 1.33 bits per heavy atom. The summed E-state index contributed by atoms with van der Waals surface area (Å²) in [6, 6.07) is 7.85. The number of fused-ring (bicyclic) bond motifs is 1. The SMILES string of the molecule is CC(C)N(CC(=O)O)CC(=O)N1CCSc2ccccc21. The van der Waals surface area contributed by atoms with Gasteiger partial charge in [0.05, 0.1) is 18.8 Å². The van der Waals surface area contributed by atoms with Crippen LogP contribution in [0.1, 0.15) is 13.8 Å². The minimum atomic E-state index is -0.911. The average molecular weight is 308 g/mol. The largest absolute Gasteiger partial charge is 0.480 e. The van der Waals surface area contributed by atoms with Crippen molar-refractivity contribution >= 4 is 29.3 Å². The second-order valence-electron chi connectivity index (χ2n) is 5.25. The van der Waals surface area contributed by atoms with Crippen LogP contribution in [0.25, 0.3) is 0 Å². The van der Waals surface area contributed by atoms with Crippen LogP contribution < -0.4 is 4.90 Å². The Bertz CT molecular complexity index is 533. The van der Waals surface area contributed by atoms with E-state index >= 15 is 0 Å². The Hall–Kier alpha value is -1.53. The van der Waals surface area contributed by atoms with Crippen molar-refractivity contribution in [1.29, 1.82) is 0 Å². The van der Waals surface area contributed by atoms with Gasteiger partial charge in [0.15, 0.2) is 0 Å². The number of aliphatic carboxylic acids is 1. The molecule has 0 atom stereocenters. The molecule has 0 fully saturated rings. The summed E-state index contributed by atoms with van der Waals surface area (Å²) in [5.41, 5.74) is 0.929. The Labute approximate surface area is 128 Å². The molecule has 1 aliphatic rings. The van der Waals surface area contributed by atoms with Crippen molar-refractivity contribution in [3.8, 4) is 0 Å². The molecule has 1 aromatic rings. The summed E-state index contributed by atoms with van der Waals surface area (Å²) >= 11 is 1.74. The lowest BCUT2D eigenvalue weighted by atomic mass is 10.2. The summed E-state index contributed by atoms with van der Waals surface area (Å²) in [5.74, 6) is -0.0904. The number of carbonyl (C=O) groups excluding carboxylic acids is 1. The molecule has 1 aromatic carbocycles. The van der Waals surface area contributed by atoms with Crippen LogP contribution in [0.2, 0.25) is 0 Å². The van der Waals surface area contributed by atoms with Crippen LogP contribution >= 0.6 is 11.8 Å². The highest BCUT2D eigenvalue weighted by molar-refractivity contribution is 7.99. The first-order chi connectivity index (χ1) is 9.99. The normalized spacial score (nSPS) is 14.4. The molecule has 0 spiro atoms. The molecule has 114 valence electrons. The Morgan fingerprint density at radius 3 is 2.71 bits per heavy atom. The van der Waals surface area contributed by atoms with Crippen molar-refractivity contribution in [3.05, 3.63) is 24.3 Å². The number of carboxylic acid groups (broad SMARTS) is 1. The Morgan fingerprint density at radius 2 is 2.05 bits per heavy atom. The van der Waals surface area contributed by atoms with Gasteiger partial charge in [-0.05, 0) is 26.0 Å². The maximum atomic E-state index is 12.5. The Kier molecular flexibility index (Phi) is 5.25. The van der Waals surface area contributed by atoms with Crippen LogP contribution in [0.3, 0.4) is 0 Å². The lowest BCUT2D eigenvalue weighted by Gasteiger charge is -2.32. The molecule has 0 aromatic heterocycles. The summed E-state index contributed by atoms with van der Waals surface area (Å²) < 4.78 is 0. The lowest BCUT2D eigenvalue weighted by molar-refractivity contribution is -0.139. The third-order valence-electron chi connectivity index (χ3n) is 3.44. The fourth-order valence-electron chi connectivity index (χ4n) is 2.28. The second-order valence-corrected chi connectivity index (χ2v) is 6.39. The topological polar surface area (TPSA) is 60.9 Å². The van der Waals surface area contributed by atoms with Gasteiger partial charge in [-0.2, -0.15) is 0 Å². The first-order valence-corrected chi connectivity index (χ1v) is 7.95. The number of carboxylic acids is 1. The maximum absolute atomic E-state index is 12.5. The first-order valence-electron chi connectivity index (χ1n) is 6.97. The van der Waals surface area contributed by atoms with Crippen LogP contribution in [0, 0.1) is 0 Å². The van der Waals surface area contributed by atoms with E-state index < -0.39 is 5.97 Å².